The fourth-order valence-electron chi connectivity index (χ4n) is 5.01. The molecule has 0 unspecified atom stereocenters. The molecule has 0 heterocycles. The van der Waals surface area contributed by atoms with Crippen LogP contribution in [-0.2, 0) is 4.79 Å². The first-order valence-corrected chi connectivity index (χ1v) is 14.0. The maximum Gasteiger partial charge on any atom is 0.303 e. The number of carboxylic acids is 1. The lowest BCUT2D eigenvalue weighted by atomic mass is 9.78. The van der Waals surface area contributed by atoms with Crippen molar-refractivity contribution in [3.63, 3.8) is 0 Å². The van der Waals surface area contributed by atoms with Crippen LogP contribution in [-0.4, -0.2) is 11.1 Å². The standard InChI is InChI=1S/C34H60O2/c1-26(2)14-18-32(8,9)22-28(4)17-21-33(10,11)23-27(3)15-19-31(6,7)20-16-29(5)24-34(12,13)25-30(35)36/h14-17H,18-25H2,1-13H3,(H,35,36). The number of allylic oxidation sites excluding steroid dienone is 8. The number of aliphatic carboxylic acids is 1. The number of carboxylic acid groups (broad SMARTS) is 1. The van der Waals surface area contributed by atoms with E-state index in [-0.39, 0.29) is 22.7 Å². The van der Waals surface area contributed by atoms with Crippen LogP contribution in [0.1, 0.15) is 141 Å². The highest BCUT2D eigenvalue weighted by Gasteiger charge is 2.23. The molecule has 0 aliphatic heterocycles. The monoisotopic (exact) mass is 500 g/mol. The summed E-state index contributed by atoms with van der Waals surface area (Å²) in [5.74, 6) is -0.717. The third-order valence-corrected chi connectivity index (χ3v) is 6.97. The van der Waals surface area contributed by atoms with E-state index in [0.717, 1.165) is 44.9 Å². The Bertz CT molecular complexity index is 821. The number of rotatable bonds is 16. The first-order valence-electron chi connectivity index (χ1n) is 14.0. The first kappa shape index (κ1) is 34.4. The van der Waals surface area contributed by atoms with Crippen molar-refractivity contribution in [2.24, 2.45) is 21.7 Å². The van der Waals surface area contributed by atoms with Crippen LogP contribution in [0, 0.1) is 21.7 Å². The van der Waals surface area contributed by atoms with Gasteiger partial charge in [0.05, 0.1) is 6.42 Å². The fraction of sp³-hybridized carbons (Fsp3) is 0.735. The fourth-order valence-corrected chi connectivity index (χ4v) is 5.01. The van der Waals surface area contributed by atoms with Crippen LogP contribution in [0.15, 0.2) is 46.6 Å². The maximum atomic E-state index is 11.1. The van der Waals surface area contributed by atoms with Gasteiger partial charge < -0.3 is 5.11 Å². The third kappa shape index (κ3) is 17.8. The molecule has 0 amide bonds. The summed E-state index contributed by atoms with van der Waals surface area (Å²) in [7, 11) is 0. The van der Waals surface area contributed by atoms with E-state index in [0.29, 0.717) is 5.41 Å². The molecule has 0 bridgehead atoms. The van der Waals surface area contributed by atoms with Crippen LogP contribution < -0.4 is 0 Å². The van der Waals surface area contributed by atoms with Crippen LogP contribution in [0.25, 0.3) is 0 Å². The summed E-state index contributed by atoms with van der Waals surface area (Å²) in [5, 5.41) is 9.13. The van der Waals surface area contributed by atoms with Crippen LogP contribution in [0.2, 0.25) is 0 Å². The van der Waals surface area contributed by atoms with Gasteiger partial charge in [0.15, 0.2) is 0 Å². The second-order valence-electron chi connectivity index (χ2n) is 15.0. The van der Waals surface area contributed by atoms with Crippen molar-refractivity contribution in [1.29, 1.82) is 0 Å². The smallest absolute Gasteiger partial charge is 0.303 e. The Morgan fingerprint density at radius 2 is 0.806 bits per heavy atom. The Labute approximate surface area is 225 Å². The number of hydrogen-bond acceptors (Lipinski definition) is 1. The molecule has 0 aromatic carbocycles. The molecule has 0 atom stereocenters. The van der Waals surface area contributed by atoms with Crippen molar-refractivity contribution >= 4 is 5.97 Å². The van der Waals surface area contributed by atoms with E-state index in [1.807, 2.05) is 13.8 Å². The lowest BCUT2D eigenvalue weighted by molar-refractivity contribution is -0.139. The van der Waals surface area contributed by atoms with Gasteiger partial charge in [-0.2, -0.15) is 0 Å². The average Bonchev–Trinajstić information content (AvgIpc) is 2.66. The first-order chi connectivity index (χ1) is 16.1. The van der Waals surface area contributed by atoms with Crippen LogP contribution >= 0.6 is 0 Å². The number of carbonyl (C=O) groups is 1. The topological polar surface area (TPSA) is 37.3 Å². The van der Waals surface area contributed by atoms with Gasteiger partial charge in [-0.3, -0.25) is 4.79 Å². The van der Waals surface area contributed by atoms with E-state index in [9.17, 15) is 4.79 Å². The van der Waals surface area contributed by atoms with E-state index in [1.54, 1.807) is 0 Å². The predicted octanol–water partition coefficient (Wildman–Crippen LogP) is 11.1. The largest absolute Gasteiger partial charge is 0.481 e. The Balaban J connectivity index is 4.92. The van der Waals surface area contributed by atoms with Crippen LogP contribution in [0.3, 0.4) is 0 Å². The van der Waals surface area contributed by atoms with Gasteiger partial charge in [0.1, 0.15) is 0 Å². The van der Waals surface area contributed by atoms with Gasteiger partial charge >= 0.3 is 5.97 Å². The van der Waals surface area contributed by atoms with Gasteiger partial charge in [-0.15, -0.1) is 0 Å². The second-order valence-corrected chi connectivity index (χ2v) is 15.0. The minimum atomic E-state index is -0.717. The Morgan fingerprint density at radius 1 is 0.500 bits per heavy atom. The minimum absolute atomic E-state index is 0.191. The summed E-state index contributed by atoms with van der Waals surface area (Å²) in [6.07, 6.45) is 17.2. The van der Waals surface area contributed by atoms with E-state index < -0.39 is 5.97 Å². The molecule has 0 spiro atoms. The lowest BCUT2D eigenvalue weighted by Gasteiger charge is -2.27. The maximum absolute atomic E-state index is 11.1. The molecule has 0 radical (unpaired) electrons. The zero-order chi connectivity index (χ0) is 28.4. The molecule has 1 N–H and O–H groups in total. The van der Waals surface area contributed by atoms with Crippen molar-refractivity contribution < 1.29 is 9.90 Å². The Hall–Kier alpha value is -1.57. The predicted molar refractivity (Wildman–Crippen MR) is 160 cm³/mol. The van der Waals surface area contributed by atoms with Gasteiger partial charge in [0, 0.05) is 0 Å². The SMILES string of the molecule is CC(C)=CCC(C)(C)CC(C)=CCC(C)(C)CC(C)=CCC(C)(C)CC=C(C)CC(C)(C)CC(=O)O. The molecule has 2 heteroatoms. The van der Waals surface area contributed by atoms with Gasteiger partial charge in [-0.05, 0) is 101 Å². The molecular weight excluding hydrogens is 440 g/mol. The van der Waals surface area contributed by atoms with Crippen molar-refractivity contribution in [2.45, 2.75) is 141 Å². The van der Waals surface area contributed by atoms with Crippen LogP contribution in [0.4, 0.5) is 0 Å². The molecule has 0 aromatic heterocycles. The van der Waals surface area contributed by atoms with Crippen molar-refractivity contribution in [1.82, 2.24) is 0 Å². The minimum Gasteiger partial charge on any atom is -0.481 e. The summed E-state index contributed by atoms with van der Waals surface area (Å²) in [5.41, 5.74) is 6.23. The van der Waals surface area contributed by atoms with E-state index in [1.165, 1.54) is 22.3 Å². The molecule has 0 fully saturated rings. The molecular formula is C34H60O2. The van der Waals surface area contributed by atoms with Crippen molar-refractivity contribution in [2.75, 3.05) is 0 Å². The van der Waals surface area contributed by atoms with Crippen LogP contribution in [0.5, 0.6) is 0 Å². The number of hydrogen-bond donors (Lipinski definition) is 1. The van der Waals surface area contributed by atoms with Crippen molar-refractivity contribution in [3.05, 3.63) is 46.6 Å². The summed E-state index contributed by atoms with van der Waals surface area (Å²) in [6, 6.07) is 0. The van der Waals surface area contributed by atoms with E-state index in [2.05, 4.69) is 100 Å². The van der Waals surface area contributed by atoms with E-state index >= 15 is 0 Å². The van der Waals surface area contributed by atoms with Gasteiger partial charge in [0.25, 0.3) is 0 Å². The Kier molecular flexibility index (Phi) is 13.8. The highest BCUT2D eigenvalue weighted by Crippen LogP contribution is 2.35. The molecule has 0 rings (SSSR count). The summed E-state index contributed by atoms with van der Waals surface area (Å²) in [4.78, 5) is 11.1. The normalized spacial score (nSPS) is 14.8. The summed E-state index contributed by atoms with van der Waals surface area (Å²) in [6.45, 7) is 29.3. The quantitative estimate of drug-likeness (QED) is 0.214. The summed E-state index contributed by atoms with van der Waals surface area (Å²) < 4.78 is 0. The average molecular weight is 501 g/mol. The zero-order valence-electron chi connectivity index (χ0n) is 26.3. The zero-order valence-corrected chi connectivity index (χ0v) is 26.3. The van der Waals surface area contributed by atoms with Crippen molar-refractivity contribution in [3.8, 4) is 0 Å². The molecule has 36 heavy (non-hydrogen) atoms. The molecule has 0 aliphatic carbocycles. The molecule has 2 nitrogen and oxygen atoms in total. The highest BCUT2D eigenvalue weighted by atomic mass is 16.4. The second kappa shape index (κ2) is 14.4. The molecule has 0 aromatic rings. The molecule has 0 saturated heterocycles. The Morgan fingerprint density at radius 3 is 1.14 bits per heavy atom. The third-order valence-electron chi connectivity index (χ3n) is 6.97. The van der Waals surface area contributed by atoms with Gasteiger partial charge in [-0.25, -0.2) is 0 Å². The highest BCUT2D eigenvalue weighted by molar-refractivity contribution is 5.67. The van der Waals surface area contributed by atoms with Gasteiger partial charge in [-0.1, -0.05) is 102 Å². The van der Waals surface area contributed by atoms with E-state index in [4.69, 9.17) is 5.11 Å². The van der Waals surface area contributed by atoms with Gasteiger partial charge in [0.2, 0.25) is 0 Å². The molecule has 0 saturated carbocycles. The molecule has 208 valence electrons. The summed E-state index contributed by atoms with van der Waals surface area (Å²) >= 11 is 0. The molecule has 0 aliphatic rings. The lowest BCUT2D eigenvalue weighted by Crippen LogP contribution is -2.17.